The number of anilines is 1. The molecule has 1 heterocycles. The molecular formula is C16H15Cl2N3. The van der Waals surface area contributed by atoms with Crippen LogP contribution >= 0.6 is 23.2 Å². The number of nitrogen functional groups attached to an aromatic ring is 1. The van der Waals surface area contributed by atoms with Gasteiger partial charge in [0.05, 0.1) is 16.1 Å². The van der Waals surface area contributed by atoms with Crippen molar-refractivity contribution >= 4 is 39.9 Å². The van der Waals surface area contributed by atoms with Gasteiger partial charge in [0.1, 0.15) is 5.82 Å². The highest BCUT2D eigenvalue weighted by molar-refractivity contribution is 6.35. The first kappa shape index (κ1) is 14.2. The van der Waals surface area contributed by atoms with Crippen LogP contribution < -0.4 is 5.73 Å². The monoisotopic (exact) mass is 319 g/mol. The minimum atomic E-state index is 0.213. The molecule has 21 heavy (non-hydrogen) atoms. The molecule has 0 radical (unpaired) electrons. The molecule has 0 atom stereocenters. The second-order valence-electron chi connectivity index (χ2n) is 5.28. The standard InChI is InChI=1S/C16H15Cl2N3/c1-9(2)21-15-13(18)4-3-5-14(15)20-16(21)10-6-11(17)8-12(19)7-10/h3-9H,19H2,1-2H3. The lowest BCUT2D eigenvalue weighted by Gasteiger charge is -2.14. The van der Waals surface area contributed by atoms with Gasteiger partial charge in [-0.25, -0.2) is 4.98 Å². The number of hydrogen-bond donors (Lipinski definition) is 1. The predicted octanol–water partition coefficient (Wildman–Crippen LogP) is 5.17. The van der Waals surface area contributed by atoms with Crippen LogP contribution in [0.4, 0.5) is 5.69 Å². The van der Waals surface area contributed by atoms with E-state index >= 15 is 0 Å². The van der Waals surface area contributed by atoms with E-state index in [0.717, 1.165) is 22.4 Å². The molecule has 0 aliphatic heterocycles. The molecule has 1 aromatic heterocycles. The fourth-order valence-electron chi connectivity index (χ4n) is 2.55. The second kappa shape index (κ2) is 5.24. The third-order valence-corrected chi connectivity index (χ3v) is 3.88. The van der Waals surface area contributed by atoms with Crippen LogP contribution in [0.3, 0.4) is 0 Å². The number of para-hydroxylation sites is 1. The highest BCUT2D eigenvalue weighted by atomic mass is 35.5. The third kappa shape index (κ3) is 2.47. The molecule has 0 aliphatic carbocycles. The van der Waals surface area contributed by atoms with Crippen molar-refractivity contribution in [3.8, 4) is 11.4 Å². The molecular weight excluding hydrogens is 305 g/mol. The Balaban J connectivity index is 2.37. The highest BCUT2D eigenvalue weighted by Crippen LogP contribution is 2.34. The van der Waals surface area contributed by atoms with Crippen LogP contribution in [0.15, 0.2) is 36.4 Å². The Morgan fingerprint density at radius 3 is 2.57 bits per heavy atom. The average Bonchev–Trinajstić information content (AvgIpc) is 2.78. The van der Waals surface area contributed by atoms with E-state index < -0.39 is 0 Å². The lowest BCUT2D eigenvalue weighted by Crippen LogP contribution is -2.03. The summed E-state index contributed by atoms with van der Waals surface area (Å²) in [5, 5.41) is 1.29. The Morgan fingerprint density at radius 1 is 1.14 bits per heavy atom. The van der Waals surface area contributed by atoms with Crippen LogP contribution in [0.25, 0.3) is 22.4 Å². The molecule has 0 saturated carbocycles. The molecule has 0 bridgehead atoms. The molecule has 0 saturated heterocycles. The first-order valence-corrected chi connectivity index (χ1v) is 7.46. The van der Waals surface area contributed by atoms with Crippen molar-refractivity contribution < 1.29 is 0 Å². The minimum Gasteiger partial charge on any atom is -0.399 e. The van der Waals surface area contributed by atoms with Gasteiger partial charge in [0.25, 0.3) is 0 Å². The van der Waals surface area contributed by atoms with Crippen molar-refractivity contribution in [2.75, 3.05) is 5.73 Å². The molecule has 2 aromatic carbocycles. The van der Waals surface area contributed by atoms with E-state index in [-0.39, 0.29) is 6.04 Å². The molecule has 0 fully saturated rings. The number of aromatic nitrogens is 2. The summed E-state index contributed by atoms with van der Waals surface area (Å²) in [7, 11) is 0. The summed E-state index contributed by atoms with van der Waals surface area (Å²) < 4.78 is 2.11. The Hall–Kier alpha value is -1.71. The Bertz CT molecular complexity index is 801. The van der Waals surface area contributed by atoms with Gasteiger partial charge >= 0.3 is 0 Å². The van der Waals surface area contributed by atoms with Crippen molar-refractivity contribution in [3.63, 3.8) is 0 Å². The smallest absolute Gasteiger partial charge is 0.141 e. The fraction of sp³-hybridized carbons (Fsp3) is 0.188. The van der Waals surface area contributed by atoms with Gasteiger partial charge in [-0.2, -0.15) is 0 Å². The van der Waals surface area contributed by atoms with E-state index in [4.69, 9.17) is 33.9 Å². The summed E-state index contributed by atoms with van der Waals surface area (Å²) in [5.41, 5.74) is 9.20. The van der Waals surface area contributed by atoms with E-state index in [0.29, 0.717) is 15.7 Å². The van der Waals surface area contributed by atoms with Gasteiger partial charge in [0.2, 0.25) is 0 Å². The number of hydrogen-bond acceptors (Lipinski definition) is 2. The van der Waals surface area contributed by atoms with Crippen LogP contribution in [0.5, 0.6) is 0 Å². The van der Waals surface area contributed by atoms with E-state index in [1.807, 2.05) is 30.3 Å². The quantitative estimate of drug-likeness (QED) is 0.662. The Kier molecular flexibility index (Phi) is 3.56. The number of fused-ring (bicyclic) bond motifs is 1. The summed E-state index contributed by atoms with van der Waals surface area (Å²) >= 11 is 12.5. The molecule has 3 aromatic rings. The van der Waals surface area contributed by atoms with Crippen LogP contribution in [0, 0.1) is 0 Å². The third-order valence-electron chi connectivity index (χ3n) is 3.36. The SMILES string of the molecule is CC(C)n1c(-c2cc(N)cc(Cl)c2)nc2cccc(Cl)c21. The molecule has 3 rings (SSSR count). The minimum absolute atomic E-state index is 0.213. The Morgan fingerprint density at radius 2 is 1.90 bits per heavy atom. The zero-order valence-corrected chi connectivity index (χ0v) is 13.3. The van der Waals surface area contributed by atoms with Crippen molar-refractivity contribution in [2.24, 2.45) is 0 Å². The number of benzene rings is 2. The maximum atomic E-state index is 6.36. The van der Waals surface area contributed by atoms with Crippen LogP contribution in [-0.2, 0) is 0 Å². The van der Waals surface area contributed by atoms with Gasteiger partial charge in [0.15, 0.2) is 0 Å². The molecule has 5 heteroatoms. The number of imidazole rings is 1. The summed E-state index contributed by atoms with van der Waals surface area (Å²) in [5.74, 6) is 0.822. The normalized spacial score (nSPS) is 11.5. The van der Waals surface area contributed by atoms with E-state index in [1.54, 1.807) is 6.07 Å². The van der Waals surface area contributed by atoms with Gasteiger partial charge in [-0.1, -0.05) is 29.3 Å². The summed E-state index contributed by atoms with van der Waals surface area (Å²) in [4.78, 5) is 4.71. The van der Waals surface area contributed by atoms with Gasteiger partial charge in [-0.15, -0.1) is 0 Å². The van der Waals surface area contributed by atoms with Crippen molar-refractivity contribution in [2.45, 2.75) is 19.9 Å². The maximum absolute atomic E-state index is 6.36. The lowest BCUT2D eigenvalue weighted by atomic mass is 10.2. The van der Waals surface area contributed by atoms with E-state index in [1.165, 1.54) is 0 Å². The van der Waals surface area contributed by atoms with Gasteiger partial charge in [-0.05, 0) is 44.2 Å². The molecule has 0 amide bonds. The van der Waals surface area contributed by atoms with Crippen molar-refractivity contribution in [3.05, 3.63) is 46.4 Å². The lowest BCUT2D eigenvalue weighted by molar-refractivity contribution is 0.624. The topological polar surface area (TPSA) is 43.8 Å². The molecule has 108 valence electrons. The zero-order chi connectivity index (χ0) is 15.1. The highest BCUT2D eigenvalue weighted by Gasteiger charge is 2.17. The molecule has 0 spiro atoms. The largest absolute Gasteiger partial charge is 0.399 e. The summed E-state index contributed by atoms with van der Waals surface area (Å²) in [6.45, 7) is 4.20. The molecule has 3 nitrogen and oxygen atoms in total. The molecule has 2 N–H and O–H groups in total. The van der Waals surface area contributed by atoms with Crippen molar-refractivity contribution in [1.82, 2.24) is 9.55 Å². The predicted molar refractivity (Wildman–Crippen MR) is 90.0 cm³/mol. The van der Waals surface area contributed by atoms with Crippen molar-refractivity contribution in [1.29, 1.82) is 0 Å². The number of halogens is 2. The average molecular weight is 320 g/mol. The zero-order valence-electron chi connectivity index (χ0n) is 11.8. The number of nitrogens with two attached hydrogens (primary N) is 1. The first-order valence-electron chi connectivity index (χ1n) is 6.70. The molecule has 0 unspecified atom stereocenters. The van der Waals surface area contributed by atoms with E-state index in [9.17, 15) is 0 Å². The van der Waals surface area contributed by atoms with Gasteiger partial charge in [-0.3, -0.25) is 0 Å². The Labute approximate surface area is 133 Å². The van der Waals surface area contributed by atoms with Gasteiger partial charge in [0, 0.05) is 22.3 Å². The van der Waals surface area contributed by atoms with Crippen LogP contribution in [-0.4, -0.2) is 9.55 Å². The summed E-state index contributed by atoms with van der Waals surface area (Å²) in [6.07, 6.45) is 0. The van der Waals surface area contributed by atoms with E-state index in [2.05, 4.69) is 18.4 Å². The second-order valence-corrected chi connectivity index (χ2v) is 6.12. The maximum Gasteiger partial charge on any atom is 0.141 e. The van der Waals surface area contributed by atoms with Crippen LogP contribution in [0.2, 0.25) is 10.0 Å². The number of rotatable bonds is 2. The number of nitrogens with zero attached hydrogens (tertiary/aromatic N) is 2. The summed E-state index contributed by atoms with van der Waals surface area (Å²) in [6, 6.07) is 11.4. The fourth-order valence-corrected chi connectivity index (χ4v) is 3.06. The van der Waals surface area contributed by atoms with Gasteiger partial charge < -0.3 is 10.3 Å². The first-order chi connectivity index (χ1) is 9.97. The van der Waals surface area contributed by atoms with Crippen LogP contribution in [0.1, 0.15) is 19.9 Å². The molecule has 0 aliphatic rings.